The summed E-state index contributed by atoms with van der Waals surface area (Å²) in [6.07, 6.45) is 2.00. The molecule has 0 fully saturated rings. The lowest BCUT2D eigenvalue weighted by atomic mass is 9.92. The molecule has 0 bridgehead atoms. The predicted molar refractivity (Wildman–Crippen MR) is 98.2 cm³/mol. The van der Waals surface area contributed by atoms with Gasteiger partial charge in [0.15, 0.2) is 5.78 Å². The molecule has 3 rings (SSSR count). The van der Waals surface area contributed by atoms with Crippen LogP contribution in [-0.4, -0.2) is 23.1 Å². The third-order valence-electron chi connectivity index (χ3n) is 4.45. The van der Waals surface area contributed by atoms with Crippen LogP contribution in [0.1, 0.15) is 47.9 Å². The van der Waals surface area contributed by atoms with Gasteiger partial charge in [0.05, 0.1) is 13.5 Å². The van der Waals surface area contributed by atoms with E-state index in [4.69, 9.17) is 9.47 Å². The molecular weight excluding hydrogens is 332 g/mol. The maximum Gasteiger partial charge on any atom is 0.174 e. The number of carbonyl (C=O) groups is 1. The van der Waals surface area contributed by atoms with Crippen molar-refractivity contribution in [1.82, 2.24) is 0 Å². The van der Waals surface area contributed by atoms with Crippen molar-refractivity contribution in [3.8, 4) is 23.0 Å². The highest BCUT2D eigenvalue weighted by atomic mass is 16.5. The van der Waals surface area contributed by atoms with Crippen LogP contribution in [0.4, 0.5) is 0 Å². The van der Waals surface area contributed by atoms with Crippen LogP contribution in [-0.2, 0) is 6.42 Å². The van der Waals surface area contributed by atoms with Gasteiger partial charge in [-0.25, -0.2) is 0 Å². The Morgan fingerprint density at radius 2 is 1.92 bits per heavy atom. The molecule has 2 aromatic rings. The molecule has 1 heterocycles. The summed E-state index contributed by atoms with van der Waals surface area (Å²) in [7, 11) is 1.59. The van der Waals surface area contributed by atoms with E-state index in [1.54, 1.807) is 7.11 Å². The van der Waals surface area contributed by atoms with E-state index in [0.29, 0.717) is 12.0 Å². The van der Waals surface area contributed by atoms with Gasteiger partial charge in [0.2, 0.25) is 0 Å². The van der Waals surface area contributed by atoms with Crippen molar-refractivity contribution in [2.45, 2.75) is 32.8 Å². The second-order valence-corrected chi connectivity index (χ2v) is 6.59. The van der Waals surface area contributed by atoms with Crippen molar-refractivity contribution >= 4 is 5.78 Å². The standard InChI is InChI=1S/C21H22O5/c1-12(2)4-9-15-16(22)10-17(23)20-18(24)11-19(26-21(15)20)13-5-7-14(25-3)8-6-13/h4-8,10,19,22-23H,9,11H2,1-3H3/t19-/m1/s1. The number of allylic oxidation sites excluding steroid dienone is 2. The number of methoxy groups -OCH3 is 1. The van der Waals surface area contributed by atoms with Crippen molar-refractivity contribution < 1.29 is 24.5 Å². The summed E-state index contributed by atoms with van der Waals surface area (Å²) in [5.41, 5.74) is 2.57. The van der Waals surface area contributed by atoms with Gasteiger partial charge < -0.3 is 19.7 Å². The fourth-order valence-electron chi connectivity index (χ4n) is 3.03. The minimum absolute atomic E-state index is 0.0815. The first-order valence-corrected chi connectivity index (χ1v) is 8.45. The second kappa shape index (κ2) is 7.12. The summed E-state index contributed by atoms with van der Waals surface area (Å²) in [6.45, 7) is 3.91. The Hall–Kier alpha value is -2.95. The minimum atomic E-state index is -0.479. The quantitative estimate of drug-likeness (QED) is 0.800. The molecule has 1 aliphatic heterocycles. The first-order valence-electron chi connectivity index (χ1n) is 8.45. The molecule has 0 amide bonds. The normalized spacial score (nSPS) is 15.8. The van der Waals surface area contributed by atoms with Crippen molar-refractivity contribution in [3.05, 3.63) is 58.7 Å². The van der Waals surface area contributed by atoms with E-state index in [9.17, 15) is 15.0 Å². The number of fused-ring (bicyclic) bond motifs is 1. The third kappa shape index (κ3) is 3.38. The molecule has 26 heavy (non-hydrogen) atoms. The summed E-state index contributed by atoms with van der Waals surface area (Å²) in [5, 5.41) is 20.4. The molecule has 136 valence electrons. The number of phenols is 2. The van der Waals surface area contributed by atoms with E-state index in [-0.39, 0.29) is 35.0 Å². The van der Waals surface area contributed by atoms with E-state index >= 15 is 0 Å². The Kier molecular flexibility index (Phi) is 4.89. The van der Waals surface area contributed by atoms with Gasteiger partial charge in [0.25, 0.3) is 0 Å². The number of Topliss-reactive ketones (excluding diaryl/α,β-unsaturated/α-hetero) is 1. The van der Waals surface area contributed by atoms with E-state index in [1.807, 2.05) is 44.2 Å². The summed E-state index contributed by atoms with van der Waals surface area (Å²) >= 11 is 0. The van der Waals surface area contributed by atoms with Crippen molar-refractivity contribution in [1.29, 1.82) is 0 Å². The van der Waals surface area contributed by atoms with E-state index in [2.05, 4.69) is 0 Å². The molecule has 0 aromatic heterocycles. The lowest BCUT2D eigenvalue weighted by Crippen LogP contribution is -2.21. The third-order valence-corrected chi connectivity index (χ3v) is 4.45. The van der Waals surface area contributed by atoms with Crippen LogP contribution in [0.3, 0.4) is 0 Å². The second-order valence-electron chi connectivity index (χ2n) is 6.59. The van der Waals surface area contributed by atoms with Gasteiger partial charge in [0, 0.05) is 11.6 Å². The van der Waals surface area contributed by atoms with Crippen molar-refractivity contribution in [2.75, 3.05) is 7.11 Å². The molecule has 0 saturated heterocycles. The predicted octanol–water partition coefficient (Wildman–Crippen LogP) is 4.32. The lowest BCUT2D eigenvalue weighted by molar-refractivity contribution is 0.0842. The zero-order chi connectivity index (χ0) is 18.8. The van der Waals surface area contributed by atoms with E-state index < -0.39 is 6.10 Å². The van der Waals surface area contributed by atoms with Crippen molar-refractivity contribution in [3.63, 3.8) is 0 Å². The number of rotatable bonds is 4. The van der Waals surface area contributed by atoms with Gasteiger partial charge in [-0.1, -0.05) is 23.8 Å². The van der Waals surface area contributed by atoms with Crippen LogP contribution in [0.5, 0.6) is 23.0 Å². The zero-order valence-corrected chi connectivity index (χ0v) is 15.1. The van der Waals surface area contributed by atoms with Crippen LogP contribution in [0.25, 0.3) is 0 Å². The summed E-state index contributed by atoms with van der Waals surface area (Å²) in [6, 6.07) is 8.52. The van der Waals surface area contributed by atoms with Crippen LogP contribution < -0.4 is 9.47 Å². The maximum atomic E-state index is 12.7. The molecule has 0 unspecified atom stereocenters. The molecule has 0 spiro atoms. The number of ether oxygens (including phenoxy) is 2. The Morgan fingerprint density at radius 1 is 1.23 bits per heavy atom. The highest BCUT2D eigenvalue weighted by molar-refractivity contribution is 6.03. The molecule has 5 heteroatoms. The molecule has 2 aromatic carbocycles. The summed E-state index contributed by atoms with van der Waals surface area (Å²) < 4.78 is 11.2. The van der Waals surface area contributed by atoms with Crippen LogP contribution in [0.15, 0.2) is 42.0 Å². The SMILES string of the molecule is COc1ccc([C@H]2CC(=O)c3c(O)cc(O)c(CC=C(C)C)c3O2)cc1. The molecule has 0 aliphatic carbocycles. The van der Waals surface area contributed by atoms with Gasteiger partial charge in [0.1, 0.15) is 34.7 Å². The Morgan fingerprint density at radius 3 is 2.54 bits per heavy atom. The number of aromatic hydroxyl groups is 2. The topological polar surface area (TPSA) is 76.0 Å². The Labute approximate surface area is 152 Å². The molecule has 0 saturated carbocycles. The fraction of sp³-hybridized carbons (Fsp3) is 0.286. The molecule has 1 aliphatic rings. The summed E-state index contributed by atoms with van der Waals surface area (Å²) in [5.74, 6) is 0.439. The summed E-state index contributed by atoms with van der Waals surface area (Å²) in [4.78, 5) is 12.7. The average Bonchev–Trinajstić information content (AvgIpc) is 2.60. The van der Waals surface area contributed by atoms with Crippen molar-refractivity contribution in [2.24, 2.45) is 0 Å². The maximum absolute atomic E-state index is 12.7. The highest BCUT2D eigenvalue weighted by Gasteiger charge is 2.33. The lowest BCUT2D eigenvalue weighted by Gasteiger charge is -2.28. The number of carbonyl (C=O) groups excluding carboxylic acids is 1. The first kappa shape index (κ1) is 17.9. The number of hydrogen-bond donors (Lipinski definition) is 2. The number of hydrogen-bond acceptors (Lipinski definition) is 5. The number of ketones is 1. The number of benzene rings is 2. The molecule has 0 radical (unpaired) electrons. The van der Waals surface area contributed by atoms with Gasteiger partial charge in [-0.3, -0.25) is 4.79 Å². The van der Waals surface area contributed by atoms with Gasteiger partial charge in [-0.2, -0.15) is 0 Å². The zero-order valence-electron chi connectivity index (χ0n) is 15.1. The van der Waals surface area contributed by atoms with Crippen LogP contribution in [0.2, 0.25) is 0 Å². The van der Waals surface area contributed by atoms with Gasteiger partial charge in [-0.15, -0.1) is 0 Å². The van der Waals surface area contributed by atoms with E-state index in [0.717, 1.165) is 16.9 Å². The Balaban J connectivity index is 2.03. The monoisotopic (exact) mass is 354 g/mol. The largest absolute Gasteiger partial charge is 0.507 e. The minimum Gasteiger partial charge on any atom is -0.507 e. The highest BCUT2D eigenvalue weighted by Crippen LogP contribution is 2.45. The van der Waals surface area contributed by atoms with Gasteiger partial charge >= 0.3 is 0 Å². The average molecular weight is 354 g/mol. The molecular formula is C21H22O5. The number of phenolic OH excluding ortho intramolecular Hbond substituents is 2. The molecule has 5 nitrogen and oxygen atoms in total. The molecule has 1 atom stereocenters. The van der Waals surface area contributed by atoms with Crippen LogP contribution >= 0.6 is 0 Å². The smallest absolute Gasteiger partial charge is 0.174 e. The Bertz CT molecular complexity index is 861. The van der Waals surface area contributed by atoms with Gasteiger partial charge in [-0.05, 0) is 38.0 Å². The van der Waals surface area contributed by atoms with Crippen LogP contribution in [0, 0.1) is 0 Å². The van der Waals surface area contributed by atoms with E-state index in [1.165, 1.54) is 6.07 Å². The molecule has 2 N–H and O–H groups in total. The first-order chi connectivity index (χ1) is 12.4. The fourth-order valence-corrected chi connectivity index (χ4v) is 3.03.